The SMILES string of the molecule is COC(=O)c1cnc(OCCOC2CCCCO2)c(F)c1-c1c(Cl)c(F)cc2c1CC(CNC(=O)OC(C)(C)C)(c1ccccc1)O2. The Morgan fingerprint density at radius 1 is 1.13 bits per heavy atom. The highest BCUT2D eigenvalue weighted by Crippen LogP contribution is 2.50. The van der Waals surface area contributed by atoms with Gasteiger partial charge < -0.3 is 33.7 Å². The van der Waals surface area contributed by atoms with E-state index in [1.54, 1.807) is 45.0 Å². The van der Waals surface area contributed by atoms with E-state index in [-0.39, 0.29) is 54.9 Å². The highest BCUT2D eigenvalue weighted by atomic mass is 35.5. The van der Waals surface area contributed by atoms with Crippen molar-refractivity contribution in [2.45, 2.75) is 63.9 Å². The molecule has 5 rings (SSSR count). The van der Waals surface area contributed by atoms with Gasteiger partial charge in [-0.25, -0.2) is 23.4 Å². The fourth-order valence-electron chi connectivity index (χ4n) is 5.57. The maximum Gasteiger partial charge on any atom is 0.407 e. The molecule has 47 heavy (non-hydrogen) atoms. The number of esters is 1. The molecule has 2 unspecified atom stereocenters. The summed E-state index contributed by atoms with van der Waals surface area (Å²) in [6.45, 7) is 5.72. The van der Waals surface area contributed by atoms with Crippen molar-refractivity contribution >= 4 is 23.7 Å². The first-order valence-electron chi connectivity index (χ1n) is 15.3. The molecule has 0 radical (unpaired) electrons. The fourth-order valence-corrected chi connectivity index (χ4v) is 5.84. The number of aromatic nitrogens is 1. The van der Waals surface area contributed by atoms with E-state index in [1.165, 1.54) is 0 Å². The molecule has 2 aliphatic heterocycles. The van der Waals surface area contributed by atoms with Crippen LogP contribution in [0.3, 0.4) is 0 Å². The standard InChI is InChI=1S/C34H37ClF2N2O8/c1-33(2,3)47-32(41)39-19-34(20-10-6-5-7-11-20)17-21-24(46-34)16-23(36)28(35)26(21)27-22(31(40)42-4)18-38-30(29(27)37)45-15-14-44-25-12-8-9-13-43-25/h5-7,10-11,16,18,25H,8-9,12-15,17,19H2,1-4H3,(H,39,41). The van der Waals surface area contributed by atoms with Gasteiger partial charge in [-0.05, 0) is 45.6 Å². The predicted octanol–water partition coefficient (Wildman–Crippen LogP) is 6.74. The smallest absolute Gasteiger partial charge is 0.407 e. The number of carbonyl (C=O) groups is 2. The number of pyridine rings is 1. The molecule has 1 N–H and O–H groups in total. The Kier molecular flexibility index (Phi) is 10.5. The van der Waals surface area contributed by atoms with Crippen molar-refractivity contribution in [3.8, 4) is 22.8 Å². The zero-order valence-corrected chi connectivity index (χ0v) is 27.4. The molecule has 2 atom stereocenters. The molecule has 1 fully saturated rings. The van der Waals surface area contributed by atoms with Crippen LogP contribution in [0.15, 0.2) is 42.6 Å². The minimum absolute atomic E-state index is 0.00523. The van der Waals surface area contributed by atoms with E-state index in [4.69, 9.17) is 40.0 Å². The lowest BCUT2D eigenvalue weighted by Gasteiger charge is -2.30. The van der Waals surface area contributed by atoms with Gasteiger partial charge in [-0.1, -0.05) is 41.9 Å². The number of hydrogen-bond acceptors (Lipinski definition) is 9. The third-order valence-electron chi connectivity index (χ3n) is 7.68. The van der Waals surface area contributed by atoms with Gasteiger partial charge in [0.05, 0.1) is 30.8 Å². The van der Waals surface area contributed by atoms with E-state index >= 15 is 8.78 Å². The molecule has 13 heteroatoms. The molecule has 3 heterocycles. The van der Waals surface area contributed by atoms with Crippen LogP contribution in [0.1, 0.15) is 61.5 Å². The topological polar surface area (TPSA) is 114 Å². The van der Waals surface area contributed by atoms with Crippen LogP contribution in [0, 0.1) is 11.6 Å². The summed E-state index contributed by atoms with van der Waals surface area (Å²) in [6.07, 6.45) is 2.72. The third-order valence-corrected chi connectivity index (χ3v) is 8.05. The van der Waals surface area contributed by atoms with Gasteiger partial charge in [-0.15, -0.1) is 0 Å². The molecular formula is C34H37ClF2N2O8. The van der Waals surface area contributed by atoms with Gasteiger partial charge in [-0.2, -0.15) is 0 Å². The molecule has 2 aliphatic rings. The van der Waals surface area contributed by atoms with Crippen molar-refractivity contribution in [1.82, 2.24) is 10.3 Å². The van der Waals surface area contributed by atoms with Crippen LogP contribution in [0.2, 0.25) is 5.02 Å². The second kappa shape index (κ2) is 14.4. The monoisotopic (exact) mass is 674 g/mol. The highest BCUT2D eigenvalue weighted by Gasteiger charge is 2.45. The first-order valence-corrected chi connectivity index (χ1v) is 15.7. The molecule has 1 saturated heterocycles. The Bertz CT molecular complexity index is 1610. The number of halogens is 3. The molecule has 3 aromatic rings. The lowest BCUT2D eigenvalue weighted by molar-refractivity contribution is -0.165. The Morgan fingerprint density at radius 3 is 2.57 bits per heavy atom. The van der Waals surface area contributed by atoms with Crippen LogP contribution >= 0.6 is 11.6 Å². The number of methoxy groups -OCH3 is 1. The number of carbonyl (C=O) groups excluding carboxylic acids is 2. The van der Waals surface area contributed by atoms with Gasteiger partial charge >= 0.3 is 12.1 Å². The molecular weight excluding hydrogens is 638 g/mol. The number of nitrogens with one attached hydrogen (secondary N) is 1. The van der Waals surface area contributed by atoms with Crippen LogP contribution in [0.4, 0.5) is 13.6 Å². The molecule has 252 valence electrons. The average molecular weight is 675 g/mol. The summed E-state index contributed by atoms with van der Waals surface area (Å²) in [7, 11) is 1.13. The van der Waals surface area contributed by atoms with Gasteiger partial charge in [-0.3, -0.25) is 0 Å². The molecule has 1 amide bonds. The van der Waals surface area contributed by atoms with Crippen LogP contribution in [0.5, 0.6) is 11.6 Å². The molecule has 0 bridgehead atoms. The van der Waals surface area contributed by atoms with Crippen molar-refractivity contribution in [3.05, 3.63) is 75.9 Å². The van der Waals surface area contributed by atoms with E-state index in [1.807, 2.05) is 6.07 Å². The lowest BCUT2D eigenvalue weighted by atomic mass is 9.85. The summed E-state index contributed by atoms with van der Waals surface area (Å²) in [6, 6.07) is 10.1. The normalized spacial score (nSPS) is 19.0. The highest BCUT2D eigenvalue weighted by molar-refractivity contribution is 6.34. The van der Waals surface area contributed by atoms with Crippen LogP contribution in [0.25, 0.3) is 11.1 Å². The van der Waals surface area contributed by atoms with Gasteiger partial charge in [0.25, 0.3) is 5.88 Å². The summed E-state index contributed by atoms with van der Waals surface area (Å²) >= 11 is 6.57. The van der Waals surface area contributed by atoms with E-state index in [0.29, 0.717) is 17.7 Å². The van der Waals surface area contributed by atoms with E-state index in [9.17, 15) is 9.59 Å². The summed E-state index contributed by atoms with van der Waals surface area (Å²) in [5, 5.41) is 2.29. The predicted molar refractivity (Wildman–Crippen MR) is 168 cm³/mol. The zero-order chi connectivity index (χ0) is 33.8. The number of rotatable bonds is 10. The fraction of sp³-hybridized carbons (Fsp3) is 0.441. The number of amides is 1. The molecule has 0 spiro atoms. The van der Waals surface area contributed by atoms with Crippen molar-refractivity contribution in [1.29, 1.82) is 0 Å². The summed E-state index contributed by atoms with van der Waals surface area (Å²) in [5.74, 6) is -3.30. The van der Waals surface area contributed by atoms with Gasteiger partial charge in [0.1, 0.15) is 23.8 Å². The van der Waals surface area contributed by atoms with Crippen LogP contribution < -0.4 is 14.8 Å². The van der Waals surface area contributed by atoms with Crippen LogP contribution in [-0.4, -0.2) is 62.4 Å². The summed E-state index contributed by atoms with van der Waals surface area (Å²) in [4.78, 5) is 29.6. The largest absolute Gasteiger partial charge is 0.480 e. The third kappa shape index (κ3) is 7.77. The second-order valence-electron chi connectivity index (χ2n) is 12.2. The molecule has 10 nitrogen and oxygen atoms in total. The number of alkyl carbamates (subject to hydrolysis) is 1. The number of nitrogens with zero attached hydrogens (tertiary/aromatic N) is 1. The van der Waals surface area contributed by atoms with E-state index < -0.39 is 45.8 Å². The van der Waals surface area contributed by atoms with E-state index in [0.717, 1.165) is 38.6 Å². The van der Waals surface area contributed by atoms with Crippen molar-refractivity contribution < 1.29 is 46.8 Å². The molecule has 0 aliphatic carbocycles. The Balaban J connectivity index is 1.53. The molecule has 1 aromatic heterocycles. The first-order chi connectivity index (χ1) is 22.4. The number of benzene rings is 2. The maximum atomic E-state index is 16.4. The quantitative estimate of drug-likeness (QED) is 0.184. The van der Waals surface area contributed by atoms with Gasteiger partial charge in [0, 0.05) is 42.0 Å². The van der Waals surface area contributed by atoms with Crippen molar-refractivity contribution in [3.63, 3.8) is 0 Å². The summed E-state index contributed by atoms with van der Waals surface area (Å²) in [5.41, 5.74) is -1.90. The minimum Gasteiger partial charge on any atom is -0.480 e. The number of fused-ring (bicyclic) bond motifs is 1. The summed E-state index contributed by atoms with van der Waals surface area (Å²) < 4.78 is 65.5. The Morgan fingerprint density at radius 2 is 1.89 bits per heavy atom. The lowest BCUT2D eigenvalue weighted by Crippen LogP contribution is -2.45. The maximum absolute atomic E-state index is 16.4. The molecule has 2 aromatic carbocycles. The van der Waals surface area contributed by atoms with Gasteiger partial charge in [0.2, 0.25) is 0 Å². The number of hydrogen-bond donors (Lipinski definition) is 1. The Labute approximate surface area is 276 Å². The Hall–Kier alpha value is -4.00. The number of ether oxygens (including phenoxy) is 6. The first kappa shape index (κ1) is 34.3. The van der Waals surface area contributed by atoms with Crippen molar-refractivity contribution in [2.75, 3.05) is 33.5 Å². The van der Waals surface area contributed by atoms with Crippen molar-refractivity contribution in [2.24, 2.45) is 0 Å². The average Bonchev–Trinajstić information content (AvgIpc) is 3.42. The van der Waals surface area contributed by atoms with E-state index in [2.05, 4.69) is 10.3 Å². The molecule has 0 saturated carbocycles. The minimum atomic E-state index is -1.28. The second-order valence-corrected chi connectivity index (χ2v) is 12.6. The van der Waals surface area contributed by atoms with Gasteiger partial charge in [0.15, 0.2) is 17.7 Å². The van der Waals surface area contributed by atoms with Crippen LogP contribution in [-0.2, 0) is 31.0 Å². The zero-order valence-electron chi connectivity index (χ0n) is 26.6.